The van der Waals surface area contributed by atoms with Crippen molar-refractivity contribution < 1.29 is 45.2 Å². The minimum atomic E-state index is -1.10. The molecule has 0 spiro atoms. The molecule has 0 atom stereocenters. The quantitative estimate of drug-likeness (QED) is 0.338. The predicted molar refractivity (Wildman–Crippen MR) is 64.8 cm³/mol. The predicted octanol–water partition coefficient (Wildman–Crippen LogP) is 1.83. The van der Waals surface area contributed by atoms with E-state index in [-0.39, 0.29) is 23.0 Å². The molecule has 0 amide bonds. The standard InChI is InChI=1S/C8H16O2Si.4CO.Fe/c1-8(9)10-6-5-7-11(2,3)4;4*1-2;/h5,7H,6H2,1-4H3;;;;;. The Kier molecular flexibility index (Phi) is 65.7. The molecule has 0 aliphatic carbocycles. The van der Waals surface area contributed by atoms with Gasteiger partial charge in [-0.1, -0.05) is 31.4 Å². The van der Waals surface area contributed by atoms with Gasteiger partial charge in [0.15, 0.2) is 0 Å². The van der Waals surface area contributed by atoms with Crippen LogP contribution in [0.5, 0.6) is 0 Å². The fraction of sp³-hybridized carbons (Fsp3) is 0.417. The monoisotopic (exact) mass is 340 g/mol. The third kappa shape index (κ3) is 89.7. The first-order valence-corrected chi connectivity index (χ1v) is 8.12. The Balaban J connectivity index is -0.0000000467. The van der Waals surface area contributed by atoms with Gasteiger partial charge in [0.2, 0.25) is 0 Å². The molecule has 0 unspecified atom stereocenters. The Hall–Kier alpha value is -1.09. The summed E-state index contributed by atoms with van der Waals surface area (Å²) in [5.41, 5.74) is 2.16. The van der Waals surface area contributed by atoms with Crippen LogP contribution < -0.4 is 0 Å². The summed E-state index contributed by atoms with van der Waals surface area (Å²) in [6, 6.07) is 0. The van der Waals surface area contributed by atoms with Crippen molar-refractivity contribution in [1.82, 2.24) is 0 Å². The summed E-state index contributed by atoms with van der Waals surface area (Å²) in [7, 11) is -1.10. The maximum Gasteiger partial charge on any atom is 0 e. The van der Waals surface area contributed by atoms with Gasteiger partial charge in [0.05, 0.1) is 8.07 Å². The van der Waals surface area contributed by atoms with Gasteiger partial charge < -0.3 is 4.74 Å². The molecule has 0 heterocycles. The van der Waals surface area contributed by atoms with E-state index in [1.54, 1.807) is 0 Å². The number of carbonyl (C=O) groups is 1. The smallest absolute Gasteiger partial charge is 0 e. The molecule has 0 saturated carbocycles. The number of esters is 1. The molecule has 6 nitrogen and oxygen atoms in total. The average Bonchev–Trinajstić information content (AvgIpc) is 2.43. The molecule has 0 fully saturated rings. The molecule has 0 bridgehead atoms. The van der Waals surface area contributed by atoms with Crippen molar-refractivity contribution in [1.29, 1.82) is 0 Å². The van der Waals surface area contributed by atoms with Gasteiger partial charge in [-0.3, -0.25) is 4.79 Å². The fourth-order valence-corrected chi connectivity index (χ4v) is 1.37. The molecule has 112 valence electrons. The summed E-state index contributed by atoms with van der Waals surface area (Å²) >= 11 is 0. The summed E-state index contributed by atoms with van der Waals surface area (Å²) in [6.07, 6.45) is 1.92. The maximum absolute atomic E-state index is 10.3. The van der Waals surface area contributed by atoms with Crippen LogP contribution in [0.3, 0.4) is 0 Å². The van der Waals surface area contributed by atoms with E-state index in [4.69, 9.17) is 23.3 Å². The van der Waals surface area contributed by atoms with Gasteiger partial charge >= 0.3 is 51.2 Å². The Labute approximate surface area is 131 Å². The van der Waals surface area contributed by atoms with Crippen LogP contribution in [0, 0.1) is 26.6 Å². The van der Waals surface area contributed by atoms with Gasteiger partial charge in [0, 0.05) is 24.0 Å². The molecule has 0 saturated heterocycles. The Morgan fingerprint density at radius 3 is 1.50 bits per heavy atom. The zero-order valence-electron chi connectivity index (χ0n) is 11.7. The average molecular weight is 340 g/mol. The van der Waals surface area contributed by atoms with Crippen molar-refractivity contribution in [2.45, 2.75) is 26.6 Å². The number of carbonyl (C=O) groups excluding carboxylic acids is 1. The van der Waals surface area contributed by atoms with Crippen LogP contribution in [0.25, 0.3) is 0 Å². The second-order valence-electron chi connectivity index (χ2n) is 3.57. The van der Waals surface area contributed by atoms with E-state index in [0.717, 1.165) is 0 Å². The maximum atomic E-state index is 10.3. The first kappa shape index (κ1) is 36.4. The Morgan fingerprint density at radius 1 is 1.00 bits per heavy atom. The van der Waals surface area contributed by atoms with Gasteiger partial charge in [0.25, 0.3) is 0 Å². The second-order valence-corrected chi connectivity index (χ2v) is 8.64. The number of ether oxygens (including phenoxy) is 1. The van der Waals surface area contributed by atoms with Gasteiger partial charge in [-0.05, 0) is 0 Å². The molecule has 0 rings (SSSR count). The van der Waals surface area contributed by atoms with Crippen LogP contribution in [-0.4, -0.2) is 20.7 Å². The largest absolute Gasteiger partial charge is 0 e. The number of hydrogen-bond acceptors (Lipinski definition) is 2. The van der Waals surface area contributed by atoms with Gasteiger partial charge in [-0.15, -0.1) is 0 Å². The van der Waals surface area contributed by atoms with Crippen molar-refractivity contribution >= 4 is 14.0 Å². The van der Waals surface area contributed by atoms with E-state index in [0.29, 0.717) is 6.61 Å². The molecule has 0 aromatic rings. The van der Waals surface area contributed by atoms with Crippen molar-refractivity contribution in [3.63, 3.8) is 0 Å². The minimum Gasteiger partial charge on any atom is 0 e. The van der Waals surface area contributed by atoms with Crippen molar-refractivity contribution in [3.8, 4) is 0 Å². The molecule has 8 heteroatoms. The van der Waals surface area contributed by atoms with E-state index in [9.17, 15) is 4.79 Å². The van der Waals surface area contributed by atoms with Crippen LogP contribution in [0.2, 0.25) is 19.6 Å². The summed E-state index contributed by atoms with van der Waals surface area (Å²) in [4.78, 5) is 10.3. The summed E-state index contributed by atoms with van der Waals surface area (Å²) in [5, 5.41) is 0. The van der Waals surface area contributed by atoms with E-state index in [2.05, 4.69) is 51.9 Å². The normalized spacial score (nSPS) is 7.00. The van der Waals surface area contributed by atoms with Crippen LogP contribution in [0.15, 0.2) is 11.8 Å². The summed E-state index contributed by atoms with van der Waals surface area (Å²) in [6.45, 7) is 26.5. The molecule has 0 aromatic heterocycles. The third-order valence-corrected chi connectivity index (χ3v) is 2.24. The van der Waals surface area contributed by atoms with E-state index in [1.165, 1.54) is 6.92 Å². The topological polar surface area (TPSA) is 106 Å². The summed E-state index contributed by atoms with van der Waals surface area (Å²) < 4.78 is 34.7. The van der Waals surface area contributed by atoms with E-state index < -0.39 is 8.07 Å². The van der Waals surface area contributed by atoms with E-state index in [1.807, 2.05) is 6.08 Å². The van der Waals surface area contributed by atoms with Gasteiger partial charge in [-0.25, -0.2) is 0 Å². The fourth-order valence-electron chi connectivity index (χ4n) is 0.567. The molecular weight excluding hydrogens is 324 g/mol. The zero-order chi connectivity index (χ0) is 16.9. The molecule has 0 aromatic carbocycles. The molecule has 0 aliphatic rings. The van der Waals surface area contributed by atoms with Gasteiger partial charge in [-0.2, -0.15) is 0 Å². The molecule has 0 radical (unpaired) electrons. The Morgan fingerprint density at radius 2 is 1.30 bits per heavy atom. The first-order valence-electron chi connectivity index (χ1n) is 4.54. The Bertz CT molecular complexity index is 275. The number of rotatable bonds is 3. The second kappa shape index (κ2) is 36.1. The SMILES string of the molecule is CC(=O)OCC=C[Si](C)(C)C.[C-]#[O+].[C-]#[O+].[C-]#[O+].[C-]#[O+].[Fe]. The molecule has 20 heavy (non-hydrogen) atoms. The minimum absolute atomic E-state index is 0. The van der Waals surface area contributed by atoms with Crippen LogP contribution >= 0.6 is 0 Å². The molecule has 0 N–H and O–H groups in total. The number of hydrogen-bond donors (Lipinski definition) is 0. The van der Waals surface area contributed by atoms with Crippen LogP contribution in [0.4, 0.5) is 0 Å². The summed E-state index contributed by atoms with van der Waals surface area (Å²) in [5.74, 6) is -0.217. The zero-order valence-corrected chi connectivity index (χ0v) is 13.8. The first-order chi connectivity index (χ1) is 8.92. The van der Waals surface area contributed by atoms with Crippen molar-refractivity contribution in [2.24, 2.45) is 0 Å². The van der Waals surface area contributed by atoms with Crippen LogP contribution in [0.1, 0.15) is 6.92 Å². The van der Waals surface area contributed by atoms with Crippen molar-refractivity contribution in [3.05, 3.63) is 38.4 Å². The van der Waals surface area contributed by atoms with Crippen molar-refractivity contribution in [2.75, 3.05) is 6.61 Å². The van der Waals surface area contributed by atoms with Crippen LogP contribution in [-0.2, 0) is 45.2 Å². The molecule has 0 aliphatic heterocycles. The third-order valence-electron chi connectivity index (χ3n) is 1.00. The van der Waals surface area contributed by atoms with Gasteiger partial charge in [0.1, 0.15) is 6.61 Å². The molecular formula is C12H16FeO6Si. The van der Waals surface area contributed by atoms with E-state index >= 15 is 0 Å².